The lowest BCUT2D eigenvalue weighted by Crippen LogP contribution is -2.11. The summed E-state index contributed by atoms with van der Waals surface area (Å²) >= 11 is 0. The van der Waals surface area contributed by atoms with Gasteiger partial charge in [0.05, 0.1) is 17.9 Å². The van der Waals surface area contributed by atoms with Gasteiger partial charge in [-0.15, -0.1) is 10.2 Å². The molecule has 1 aromatic carbocycles. The molecule has 0 aliphatic rings. The van der Waals surface area contributed by atoms with E-state index in [1.807, 2.05) is 0 Å². The molecule has 0 unspecified atom stereocenters. The fourth-order valence-electron chi connectivity index (χ4n) is 2.02. The first-order valence-electron chi connectivity index (χ1n) is 6.56. The monoisotopic (exact) mass is 312 g/mol. The molecule has 2 rings (SSSR count). The van der Waals surface area contributed by atoms with E-state index in [1.54, 1.807) is 6.92 Å². The van der Waals surface area contributed by atoms with Crippen LogP contribution in [0, 0.1) is 6.92 Å². The Bertz CT molecular complexity index is 679. The lowest BCUT2D eigenvalue weighted by atomic mass is 9.99. The number of benzene rings is 1. The van der Waals surface area contributed by atoms with Gasteiger partial charge in [-0.3, -0.25) is 0 Å². The minimum Gasteiger partial charge on any atom is -0.513 e. The Morgan fingerprint density at radius 1 is 1.32 bits per heavy atom. The quantitative estimate of drug-likeness (QED) is 0.862. The second-order valence-corrected chi connectivity index (χ2v) is 4.91. The Kier molecular flexibility index (Phi) is 4.48. The zero-order valence-electron chi connectivity index (χ0n) is 11.9. The Hall–Kier alpha value is -2.38. The van der Waals surface area contributed by atoms with Crippen LogP contribution >= 0.6 is 0 Å². The maximum Gasteiger partial charge on any atom is 0.416 e. The predicted molar refractivity (Wildman–Crippen MR) is 73.2 cm³/mol. The minimum atomic E-state index is -4.42. The largest absolute Gasteiger partial charge is 0.513 e. The first-order valence-corrected chi connectivity index (χ1v) is 6.56. The average molecular weight is 312 g/mol. The number of rotatable bonds is 5. The third-order valence-corrected chi connectivity index (χ3v) is 3.08. The summed E-state index contributed by atoms with van der Waals surface area (Å²) in [6, 6.07) is 3.51. The summed E-state index contributed by atoms with van der Waals surface area (Å²) in [6.45, 7) is 5.11. The summed E-state index contributed by atoms with van der Waals surface area (Å²) in [4.78, 5) is 1.24. The number of hydrogen-bond donors (Lipinski definition) is 1. The van der Waals surface area contributed by atoms with Gasteiger partial charge in [-0.2, -0.15) is 18.0 Å². The van der Waals surface area contributed by atoms with Crippen molar-refractivity contribution in [3.8, 4) is 0 Å². The molecule has 0 spiro atoms. The summed E-state index contributed by atoms with van der Waals surface area (Å²) in [5, 5.41) is 20.6. The van der Waals surface area contributed by atoms with Crippen LogP contribution in [0.25, 0.3) is 0 Å². The molecule has 0 aliphatic heterocycles. The molecule has 0 saturated heterocycles. The molecule has 0 bridgehead atoms. The van der Waals surface area contributed by atoms with Crippen LogP contribution in [0.15, 0.2) is 30.5 Å². The van der Waals surface area contributed by atoms with Gasteiger partial charge in [0.25, 0.3) is 0 Å². The number of aliphatic hydroxyl groups is 1. The van der Waals surface area contributed by atoms with Gasteiger partial charge in [-0.25, -0.2) is 0 Å². The standard InChI is InChI=1S/C14H15F3N4O/c1-9(22)3-4-11-5-6-13(14(15,16)17)7-12(11)8-21-19-10(2)18-20-21/h5-7,22H,1,3-4,8H2,2H3. The Morgan fingerprint density at radius 2 is 2.05 bits per heavy atom. The lowest BCUT2D eigenvalue weighted by Gasteiger charge is -2.13. The van der Waals surface area contributed by atoms with Gasteiger partial charge in [-0.1, -0.05) is 12.6 Å². The number of allylic oxidation sites excluding steroid dienone is 1. The van der Waals surface area contributed by atoms with E-state index in [2.05, 4.69) is 22.0 Å². The van der Waals surface area contributed by atoms with Crippen molar-refractivity contribution in [2.75, 3.05) is 0 Å². The van der Waals surface area contributed by atoms with Crippen molar-refractivity contribution < 1.29 is 18.3 Å². The molecule has 1 heterocycles. The highest BCUT2D eigenvalue weighted by atomic mass is 19.4. The van der Waals surface area contributed by atoms with E-state index in [9.17, 15) is 13.2 Å². The van der Waals surface area contributed by atoms with Gasteiger partial charge < -0.3 is 5.11 Å². The summed E-state index contributed by atoms with van der Waals surface area (Å²) in [5.74, 6) is 0.429. The van der Waals surface area contributed by atoms with E-state index in [4.69, 9.17) is 5.11 Å². The molecule has 0 aliphatic carbocycles. The van der Waals surface area contributed by atoms with Crippen molar-refractivity contribution in [3.05, 3.63) is 53.1 Å². The highest BCUT2D eigenvalue weighted by molar-refractivity contribution is 5.34. The highest BCUT2D eigenvalue weighted by Gasteiger charge is 2.31. The van der Waals surface area contributed by atoms with E-state index in [0.29, 0.717) is 23.4 Å². The molecule has 0 radical (unpaired) electrons. The van der Waals surface area contributed by atoms with Gasteiger partial charge >= 0.3 is 6.18 Å². The average Bonchev–Trinajstić information content (AvgIpc) is 2.81. The van der Waals surface area contributed by atoms with Crippen LogP contribution in [0.4, 0.5) is 13.2 Å². The van der Waals surface area contributed by atoms with E-state index >= 15 is 0 Å². The second-order valence-electron chi connectivity index (χ2n) is 4.91. The Balaban J connectivity index is 2.33. The van der Waals surface area contributed by atoms with Crippen LogP contribution in [0.3, 0.4) is 0 Å². The van der Waals surface area contributed by atoms with Crippen LogP contribution in [-0.4, -0.2) is 25.3 Å². The first kappa shape index (κ1) is 16.0. The molecule has 0 fully saturated rings. The smallest absolute Gasteiger partial charge is 0.416 e. The maximum atomic E-state index is 12.9. The Morgan fingerprint density at radius 3 is 2.59 bits per heavy atom. The third-order valence-electron chi connectivity index (χ3n) is 3.08. The zero-order chi connectivity index (χ0) is 16.3. The number of aromatic nitrogens is 4. The van der Waals surface area contributed by atoms with E-state index < -0.39 is 11.7 Å². The normalized spacial score (nSPS) is 11.6. The van der Waals surface area contributed by atoms with Gasteiger partial charge in [0.1, 0.15) is 0 Å². The number of aryl methyl sites for hydroxylation is 2. The predicted octanol–water partition coefficient (Wildman–Crippen LogP) is 3.05. The molecule has 0 atom stereocenters. The van der Waals surface area contributed by atoms with Crippen molar-refractivity contribution >= 4 is 0 Å². The maximum absolute atomic E-state index is 12.9. The van der Waals surface area contributed by atoms with Crippen LogP contribution in [0.2, 0.25) is 0 Å². The van der Waals surface area contributed by atoms with Crippen molar-refractivity contribution in [2.45, 2.75) is 32.5 Å². The van der Waals surface area contributed by atoms with Crippen LogP contribution in [-0.2, 0) is 19.1 Å². The minimum absolute atomic E-state index is 0.0134. The number of hydrogen-bond acceptors (Lipinski definition) is 4. The molecule has 0 saturated carbocycles. The molecule has 2 aromatic rings. The lowest BCUT2D eigenvalue weighted by molar-refractivity contribution is -0.137. The Labute approximate surface area is 125 Å². The second kappa shape index (κ2) is 6.17. The molecule has 1 N–H and O–H groups in total. The number of alkyl halides is 3. The highest BCUT2D eigenvalue weighted by Crippen LogP contribution is 2.31. The van der Waals surface area contributed by atoms with E-state index in [1.165, 1.54) is 10.9 Å². The summed E-state index contributed by atoms with van der Waals surface area (Å²) in [5.41, 5.74) is 0.387. The summed E-state index contributed by atoms with van der Waals surface area (Å²) in [6.07, 6.45) is -3.75. The van der Waals surface area contributed by atoms with E-state index in [-0.39, 0.29) is 18.7 Å². The number of aliphatic hydroxyl groups excluding tert-OH is 1. The molecule has 8 heteroatoms. The fourth-order valence-corrected chi connectivity index (χ4v) is 2.02. The molecular formula is C14H15F3N4O. The molecule has 118 valence electrons. The van der Waals surface area contributed by atoms with Crippen LogP contribution in [0.5, 0.6) is 0 Å². The summed E-state index contributed by atoms with van der Waals surface area (Å²) in [7, 11) is 0. The first-order chi connectivity index (χ1) is 10.3. The fraction of sp³-hybridized carbons (Fsp3) is 0.357. The number of halogens is 3. The van der Waals surface area contributed by atoms with Gasteiger partial charge in [0, 0.05) is 6.42 Å². The molecule has 5 nitrogen and oxygen atoms in total. The molecular weight excluding hydrogens is 297 g/mol. The van der Waals surface area contributed by atoms with Gasteiger partial charge in [0.15, 0.2) is 5.82 Å². The van der Waals surface area contributed by atoms with Crippen LogP contribution in [0.1, 0.15) is 28.9 Å². The van der Waals surface area contributed by atoms with Crippen molar-refractivity contribution in [1.82, 2.24) is 20.2 Å². The topological polar surface area (TPSA) is 63.8 Å². The van der Waals surface area contributed by atoms with Gasteiger partial charge in [-0.05, 0) is 41.8 Å². The number of tetrazole rings is 1. The SMILES string of the molecule is C=C(O)CCc1ccc(C(F)(F)F)cc1Cn1nnc(C)n1. The zero-order valence-corrected chi connectivity index (χ0v) is 11.9. The number of nitrogens with zero attached hydrogens (tertiary/aromatic N) is 4. The van der Waals surface area contributed by atoms with Crippen molar-refractivity contribution in [1.29, 1.82) is 0 Å². The third kappa shape index (κ3) is 4.06. The van der Waals surface area contributed by atoms with Crippen molar-refractivity contribution in [3.63, 3.8) is 0 Å². The molecule has 0 amide bonds. The molecule has 1 aromatic heterocycles. The van der Waals surface area contributed by atoms with Gasteiger partial charge in [0.2, 0.25) is 0 Å². The summed E-state index contributed by atoms with van der Waals surface area (Å²) < 4.78 is 38.6. The van der Waals surface area contributed by atoms with Crippen molar-refractivity contribution in [2.24, 2.45) is 0 Å². The molecule has 22 heavy (non-hydrogen) atoms. The van der Waals surface area contributed by atoms with E-state index in [0.717, 1.165) is 12.1 Å². The van der Waals surface area contributed by atoms with Crippen LogP contribution < -0.4 is 0 Å².